The summed E-state index contributed by atoms with van der Waals surface area (Å²) < 4.78 is 11.1. The average molecular weight is 575 g/mol. The molecule has 0 aliphatic carbocycles. The Kier molecular flexibility index (Phi) is 9.40. The first-order valence-electron chi connectivity index (χ1n) is 13.1. The number of esters is 1. The van der Waals surface area contributed by atoms with Crippen LogP contribution in [0.5, 0.6) is 5.75 Å². The summed E-state index contributed by atoms with van der Waals surface area (Å²) in [7, 11) is 0. The van der Waals surface area contributed by atoms with Gasteiger partial charge in [-0.25, -0.2) is 4.79 Å². The van der Waals surface area contributed by atoms with Gasteiger partial charge in [0.2, 0.25) is 11.8 Å². The zero-order valence-electron chi connectivity index (χ0n) is 22.4. The van der Waals surface area contributed by atoms with Crippen LogP contribution in [0.3, 0.4) is 0 Å². The van der Waals surface area contributed by atoms with E-state index < -0.39 is 11.9 Å². The maximum atomic E-state index is 13.3. The van der Waals surface area contributed by atoms with Gasteiger partial charge in [-0.3, -0.25) is 9.59 Å². The van der Waals surface area contributed by atoms with Crippen molar-refractivity contribution in [3.63, 3.8) is 0 Å². The number of benzene rings is 2. The highest BCUT2D eigenvalue weighted by atomic mass is 35.5. The van der Waals surface area contributed by atoms with E-state index in [0.29, 0.717) is 59.7 Å². The number of allylic oxidation sites excluding steroid dienone is 1. The fourth-order valence-electron chi connectivity index (χ4n) is 5.12. The van der Waals surface area contributed by atoms with Crippen LogP contribution in [0.1, 0.15) is 38.7 Å². The molecule has 10 heteroatoms. The quantitative estimate of drug-likeness (QED) is 0.418. The van der Waals surface area contributed by atoms with Crippen molar-refractivity contribution in [2.45, 2.75) is 33.1 Å². The lowest BCUT2D eigenvalue weighted by Crippen LogP contribution is -2.52. The minimum absolute atomic E-state index is 0.0126. The van der Waals surface area contributed by atoms with Crippen molar-refractivity contribution < 1.29 is 23.9 Å². The van der Waals surface area contributed by atoms with Gasteiger partial charge in [0.25, 0.3) is 0 Å². The highest BCUT2D eigenvalue weighted by molar-refractivity contribution is 6.42. The number of hydrogen-bond donors (Lipinski definition) is 0. The Morgan fingerprint density at radius 1 is 0.974 bits per heavy atom. The molecule has 2 heterocycles. The molecule has 0 bridgehead atoms. The molecule has 1 atom stereocenters. The molecule has 0 N–H and O–H groups in total. The maximum absolute atomic E-state index is 13.3. The lowest BCUT2D eigenvalue weighted by atomic mass is 9.83. The SMILES string of the molecule is CCOC(=O)C1=C(C)N(CC(=O)N2CCN(c3ccccc3OCC)CC2)C(=O)CC1c1ccc(Cl)c(Cl)c1. The Morgan fingerprint density at radius 3 is 2.36 bits per heavy atom. The van der Waals surface area contributed by atoms with Gasteiger partial charge >= 0.3 is 5.97 Å². The summed E-state index contributed by atoms with van der Waals surface area (Å²) in [5, 5.41) is 0.720. The first-order chi connectivity index (χ1) is 18.7. The van der Waals surface area contributed by atoms with Crippen LogP contribution in [-0.2, 0) is 19.1 Å². The number of piperazine rings is 1. The van der Waals surface area contributed by atoms with E-state index in [4.69, 9.17) is 32.7 Å². The van der Waals surface area contributed by atoms with Crippen molar-refractivity contribution in [3.05, 3.63) is 69.3 Å². The molecule has 2 amide bonds. The summed E-state index contributed by atoms with van der Waals surface area (Å²) in [5.41, 5.74) is 2.46. The third-order valence-electron chi connectivity index (χ3n) is 7.10. The summed E-state index contributed by atoms with van der Waals surface area (Å²) in [6.45, 7) is 8.30. The van der Waals surface area contributed by atoms with Crippen molar-refractivity contribution in [1.82, 2.24) is 9.80 Å². The molecule has 39 heavy (non-hydrogen) atoms. The smallest absolute Gasteiger partial charge is 0.336 e. The van der Waals surface area contributed by atoms with E-state index in [-0.39, 0.29) is 31.4 Å². The van der Waals surface area contributed by atoms with Crippen molar-refractivity contribution in [2.75, 3.05) is 50.8 Å². The van der Waals surface area contributed by atoms with Gasteiger partial charge in [-0.05, 0) is 50.6 Å². The van der Waals surface area contributed by atoms with Crippen LogP contribution >= 0.6 is 23.2 Å². The van der Waals surface area contributed by atoms with Gasteiger partial charge in [-0.1, -0.05) is 41.4 Å². The minimum atomic E-state index is -0.549. The van der Waals surface area contributed by atoms with Crippen LogP contribution in [0.2, 0.25) is 10.0 Å². The van der Waals surface area contributed by atoms with Gasteiger partial charge in [0.05, 0.1) is 34.5 Å². The Labute approximate surface area is 239 Å². The number of nitrogens with zero attached hydrogens (tertiary/aromatic N) is 3. The number of hydrogen-bond acceptors (Lipinski definition) is 6. The Balaban J connectivity index is 1.50. The lowest BCUT2D eigenvalue weighted by molar-refractivity contribution is -0.142. The molecule has 0 spiro atoms. The first-order valence-corrected chi connectivity index (χ1v) is 13.9. The molecule has 0 saturated carbocycles. The number of carbonyl (C=O) groups is 3. The van der Waals surface area contributed by atoms with E-state index in [0.717, 1.165) is 11.4 Å². The Bertz CT molecular complexity index is 1270. The molecule has 1 unspecified atom stereocenters. The third kappa shape index (κ3) is 6.34. The topological polar surface area (TPSA) is 79.4 Å². The summed E-state index contributed by atoms with van der Waals surface area (Å²) >= 11 is 12.3. The lowest BCUT2D eigenvalue weighted by Gasteiger charge is -2.39. The van der Waals surface area contributed by atoms with E-state index in [1.807, 2.05) is 31.2 Å². The number of carbonyl (C=O) groups excluding carboxylic acids is 3. The molecule has 1 saturated heterocycles. The minimum Gasteiger partial charge on any atom is -0.492 e. The molecule has 0 aromatic heterocycles. The van der Waals surface area contributed by atoms with Crippen LogP contribution in [0.15, 0.2) is 53.7 Å². The van der Waals surface area contributed by atoms with E-state index in [9.17, 15) is 14.4 Å². The number of ether oxygens (including phenoxy) is 2. The standard InChI is InChI=1S/C29H33Cl2N3O5/c1-4-38-25-9-7-6-8-24(25)32-12-14-33(15-13-32)27(36)18-34-19(3)28(29(37)39-5-2)21(17-26(34)35)20-10-11-22(30)23(31)16-20/h6-11,16,21H,4-5,12-15,17-18H2,1-3H3. The van der Waals surface area contributed by atoms with Crippen LogP contribution < -0.4 is 9.64 Å². The van der Waals surface area contributed by atoms with E-state index >= 15 is 0 Å². The molecule has 0 radical (unpaired) electrons. The van der Waals surface area contributed by atoms with Gasteiger partial charge in [-0.2, -0.15) is 0 Å². The maximum Gasteiger partial charge on any atom is 0.336 e. The number of anilines is 1. The third-order valence-corrected chi connectivity index (χ3v) is 7.83. The van der Waals surface area contributed by atoms with Gasteiger partial charge < -0.3 is 24.2 Å². The zero-order chi connectivity index (χ0) is 28.1. The molecule has 2 aromatic carbocycles. The van der Waals surface area contributed by atoms with Gasteiger partial charge in [0, 0.05) is 44.2 Å². The summed E-state index contributed by atoms with van der Waals surface area (Å²) in [5.74, 6) is -0.655. The molecule has 4 rings (SSSR count). The summed E-state index contributed by atoms with van der Waals surface area (Å²) in [6, 6.07) is 12.9. The molecular weight excluding hydrogens is 541 g/mol. The zero-order valence-corrected chi connectivity index (χ0v) is 23.9. The fourth-order valence-corrected chi connectivity index (χ4v) is 5.43. The van der Waals surface area contributed by atoms with Gasteiger partial charge in [0.1, 0.15) is 12.3 Å². The second-order valence-electron chi connectivity index (χ2n) is 9.40. The van der Waals surface area contributed by atoms with Crippen molar-refractivity contribution in [2.24, 2.45) is 0 Å². The van der Waals surface area contributed by atoms with Gasteiger partial charge in [0.15, 0.2) is 0 Å². The molecule has 2 aromatic rings. The predicted molar refractivity (Wildman–Crippen MR) is 151 cm³/mol. The number of amides is 2. The highest BCUT2D eigenvalue weighted by Crippen LogP contribution is 2.39. The molecule has 2 aliphatic rings. The second kappa shape index (κ2) is 12.7. The molecule has 2 aliphatic heterocycles. The summed E-state index contributed by atoms with van der Waals surface area (Å²) in [4.78, 5) is 45.0. The van der Waals surface area contributed by atoms with Crippen molar-refractivity contribution >= 4 is 46.7 Å². The number of halogens is 2. The highest BCUT2D eigenvalue weighted by Gasteiger charge is 2.38. The average Bonchev–Trinajstić information content (AvgIpc) is 2.93. The van der Waals surface area contributed by atoms with E-state index in [1.54, 1.807) is 36.9 Å². The van der Waals surface area contributed by atoms with Crippen molar-refractivity contribution in [3.8, 4) is 5.75 Å². The molecule has 8 nitrogen and oxygen atoms in total. The van der Waals surface area contributed by atoms with Crippen LogP contribution in [0, 0.1) is 0 Å². The molecule has 208 valence electrons. The monoisotopic (exact) mass is 573 g/mol. The summed E-state index contributed by atoms with van der Waals surface area (Å²) in [6.07, 6.45) is 0.0126. The van der Waals surface area contributed by atoms with E-state index in [2.05, 4.69) is 4.90 Å². The van der Waals surface area contributed by atoms with Crippen molar-refractivity contribution in [1.29, 1.82) is 0 Å². The largest absolute Gasteiger partial charge is 0.492 e. The normalized spacial score (nSPS) is 17.9. The first kappa shape index (κ1) is 28.8. The van der Waals surface area contributed by atoms with Crippen LogP contribution in [-0.4, -0.2) is 73.5 Å². The second-order valence-corrected chi connectivity index (χ2v) is 10.2. The number of para-hydroxylation sites is 2. The Morgan fingerprint density at radius 2 is 1.69 bits per heavy atom. The number of rotatable bonds is 8. The van der Waals surface area contributed by atoms with E-state index in [1.165, 1.54) is 4.90 Å². The molecule has 1 fully saturated rings. The fraction of sp³-hybridized carbons (Fsp3) is 0.414. The Hall–Kier alpha value is -3.23. The molecular formula is C29H33Cl2N3O5. The predicted octanol–water partition coefficient (Wildman–Crippen LogP) is 4.89. The van der Waals surface area contributed by atoms with Crippen LogP contribution in [0.25, 0.3) is 0 Å². The van der Waals surface area contributed by atoms with Crippen LogP contribution in [0.4, 0.5) is 5.69 Å². The van der Waals surface area contributed by atoms with Gasteiger partial charge in [-0.15, -0.1) is 0 Å².